The number of rotatable bonds is 9. The minimum Gasteiger partial charge on any atom is -0.496 e. The molecule has 0 heterocycles. The van der Waals surface area contributed by atoms with Crippen molar-refractivity contribution < 1.29 is 9.47 Å². The number of aryl methyl sites for hydroxylation is 1. The summed E-state index contributed by atoms with van der Waals surface area (Å²) in [7, 11) is 3.55. The number of benzene rings is 3. The molecule has 1 unspecified atom stereocenters. The summed E-state index contributed by atoms with van der Waals surface area (Å²) in [6, 6.07) is 22.6. The molecule has 3 aromatic carbocycles. The summed E-state index contributed by atoms with van der Waals surface area (Å²) < 4.78 is 11.6. The van der Waals surface area contributed by atoms with Gasteiger partial charge in [0, 0.05) is 24.8 Å². The second-order valence-corrected chi connectivity index (χ2v) is 7.38. The molecule has 0 radical (unpaired) electrons. The number of nitrogens with one attached hydrogen (secondary N) is 1. The highest BCUT2D eigenvalue weighted by Crippen LogP contribution is 2.37. The van der Waals surface area contributed by atoms with Gasteiger partial charge in [0.1, 0.15) is 18.1 Å². The van der Waals surface area contributed by atoms with Gasteiger partial charge in [0.25, 0.3) is 0 Å². The summed E-state index contributed by atoms with van der Waals surface area (Å²) >= 11 is 0. The van der Waals surface area contributed by atoms with Gasteiger partial charge in [0.2, 0.25) is 0 Å². The SMILES string of the molecule is CNc1ccc(C(C#N)Cc2cc(-c3ccccc3OC)cc(C)c2OCCN)cc1. The van der Waals surface area contributed by atoms with Crippen molar-refractivity contribution in [2.24, 2.45) is 5.73 Å². The Morgan fingerprint density at radius 2 is 1.84 bits per heavy atom. The van der Waals surface area contributed by atoms with Crippen LogP contribution in [0.1, 0.15) is 22.6 Å². The topological polar surface area (TPSA) is 80.3 Å². The quantitative estimate of drug-likeness (QED) is 0.520. The van der Waals surface area contributed by atoms with E-state index in [9.17, 15) is 5.26 Å². The van der Waals surface area contributed by atoms with E-state index in [1.165, 1.54) is 0 Å². The normalized spacial score (nSPS) is 11.5. The second kappa shape index (κ2) is 10.5. The van der Waals surface area contributed by atoms with Gasteiger partial charge < -0.3 is 20.5 Å². The van der Waals surface area contributed by atoms with Crippen LogP contribution in [0.4, 0.5) is 5.69 Å². The van der Waals surface area contributed by atoms with Gasteiger partial charge in [-0.2, -0.15) is 5.26 Å². The molecule has 0 bridgehead atoms. The molecule has 0 aliphatic heterocycles. The van der Waals surface area contributed by atoms with Gasteiger partial charge in [0.15, 0.2) is 0 Å². The average molecular weight is 416 g/mol. The van der Waals surface area contributed by atoms with Crippen LogP contribution in [0.3, 0.4) is 0 Å². The summed E-state index contributed by atoms with van der Waals surface area (Å²) in [5, 5.41) is 13.0. The first kappa shape index (κ1) is 22.2. The Labute approximate surface area is 184 Å². The summed E-state index contributed by atoms with van der Waals surface area (Å²) in [6.07, 6.45) is 0.541. The highest BCUT2D eigenvalue weighted by molar-refractivity contribution is 5.73. The zero-order chi connectivity index (χ0) is 22.2. The number of hydrogen-bond donors (Lipinski definition) is 2. The van der Waals surface area contributed by atoms with E-state index in [-0.39, 0.29) is 5.92 Å². The van der Waals surface area contributed by atoms with Crippen molar-refractivity contribution in [2.75, 3.05) is 32.6 Å². The molecule has 5 nitrogen and oxygen atoms in total. The van der Waals surface area contributed by atoms with Crippen LogP contribution in [0.15, 0.2) is 60.7 Å². The van der Waals surface area contributed by atoms with Crippen molar-refractivity contribution >= 4 is 5.69 Å². The van der Waals surface area contributed by atoms with Crippen LogP contribution in [0, 0.1) is 18.3 Å². The van der Waals surface area contributed by atoms with Crippen molar-refractivity contribution in [1.29, 1.82) is 5.26 Å². The average Bonchev–Trinajstić information content (AvgIpc) is 2.81. The third kappa shape index (κ3) is 5.17. The van der Waals surface area contributed by atoms with Crippen LogP contribution in [-0.2, 0) is 6.42 Å². The number of hydrogen-bond acceptors (Lipinski definition) is 5. The molecule has 0 aliphatic rings. The fourth-order valence-corrected chi connectivity index (χ4v) is 3.74. The minimum atomic E-state index is -0.293. The Morgan fingerprint density at radius 1 is 1.10 bits per heavy atom. The molecule has 3 N–H and O–H groups in total. The predicted molar refractivity (Wildman–Crippen MR) is 126 cm³/mol. The van der Waals surface area contributed by atoms with Gasteiger partial charge in [-0.15, -0.1) is 0 Å². The predicted octanol–water partition coefficient (Wildman–Crippen LogP) is 4.90. The molecule has 0 spiro atoms. The summed E-state index contributed by atoms with van der Waals surface area (Å²) in [6.45, 7) is 2.88. The molecule has 0 saturated heterocycles. The number of nitrogens with two attached hydrogens (primary N) is 1. The molecule has 0 saturated carbocycles. The molecular weight excluding hydrogens is 386 g/mol. The lowest BCUT2D eigenvalue weighted by Gasteiger charge is -2.19. The van der Waals surface area contributed by atoms with Crippen LogP contribution in [0.25, 0.3) is 11.1 Å². The largest absolute Gasteiger partial charge is 0.496 e. The van der Waals surface area contributed by atoms with Gasteiger partial charge in [-0.25, -0.2) is 0 Å². The fourth-order valence-electron chi connectivity index (χ4n) is 3.74. The molecule has 31 heavy (non-hydrogen) atoms. The van der Waals surface area contributed by atoms with Crippen molar-refractivity contribution in [3.05, 3.63) is 77.4 Å². The maximum absolute atomic E-state index is 9.93. The number of para-hydroxylation sites is 1. The maximum atomic E-state index is 9.93. The molecule has 160 valence electrons. The molecular formula is C26H29N3O2. The molecule has 1 atom stereocenters. The number of nitrogens with zero attached hydrogens (tertiary/aromatic N) is 1. The lowest BCUT2D eigenvalue weighted by atomic mass is 9.89. The Balaban J connectivity index is 2.04. The number of anilines is 1. The third-order valence-electron chi connectivity index (χ3n) is 5.32. The van der Waals surface area contributed by atoms with Gasteiger partial charge in [-0.3, -0.25) is 0 Å². The second-order valence-electron chi connectivity index (χ2n) is 7.38. The van der Waals surface area contributed by atoms with Gasteiger partial charge in [-0.1, -0.05) is 30.3 Å². The van der Waals surface area contributed by atoms with Crippen molar-refractivity contribution in [1.82, 2.24) is 0 Å². The van der Waals surface area contributed by atoms with E-state index in [0.29, 0.717) is 19.6 Å². The number of methoxy groups -OCH3 is 1. The van der Waals surface area contributed by atoms with E-state index in [4.69, 9.17) is 15.2 Å². The van der Waals surface area contributed by atoms with E-state index >= 15 is 0 Å². The Morgan fingerprint density at radius 3 is 2.48 bits per heavy atom. The zero-order valence-electron chi connectivity index (χ0n) is 18.3. The first-order valence-corrected chi connectivity index (χ1v) is 10.4. The van der Waals surface area contributed by atoms with Crippen LogP contribution in [0.2, 0.25) is 0 Å². The van der Waals surface area contributed by atoms with Crippen molar-refractivity contribution in [3.8, 4) is 28.7 Å². The van der Waals surface area contributed by atoms with Crippen LogP contribution in [0.5, 0.6) is 11.5 Å². The highest BCUT2D eigenvalue weighted by Gasteiger charge is 2.18. The van der Waals surface area contributed by atoms with Crippen LogP contribution < -0.4 is 20.5 Å². The van der Waals surface area contributed by atoms with Gasteiger partial charge in [0.05, 0.1) is 19.1 Å². The van der Waals surface area contributed by atoms with Crippen molar-refractivity contribution in [3.63, 3.8) is 0 Å². The molecule has 0 fully saturated rings. The van der Waals surface area contributed by atoms with Gasteiger partial charge >= 0.3 is 0 Å². The molecule has 3 rings (SSSR count). The maximum Gasteiger partial charge on any atom is 0.126 e. The summed E-state index contributed by atoms with van der Waals surface area (Å²) in [5.74, 6) is 1.32. The standard InChI is InChI=1S/C26H29N3O2/c1-18-14-20(24-6-4-5-7-25(24)30-3)15-21(26(18)31-13-12-27)16-22(17-28)19-8-10-23(29-2)11-9-19/h4-11,14-15,22,29H,12-13,16,27H2,1-3H3. The van der Waals surface area contributed by atoms with E-state index < -0.39 is 0 Å². The van der Waals surface area contributed by atoms with Crippen molar-refractivity contribution in [2.45, 2.75) is 19.3 Å². The van der Waals surface area contributed by atoms with E-state index in [0.717, 1.165) is 45.0 Å². The fraction of sp³-hybridized carbons (Fsp3) is 0.269. The lowest BCUT2D eigenvalue weighted by Crippen LogP contribution is -2.13. The summed E-state index contributed by atoms with van der Waals surface area (Å²) in [4.78, 5) is 0. The van der Waals surface area contributed by atoms with E-state index in [1.807, 2.05) is 62.5 Å². The first-order chi connectivity index (χ1) is 15.1. The smallest absolute Gasteiger partial charge is 0.126 e. The van der Waals surface area contributed by atoms with Crippen LogP contribution in [-0.4, -0.2) is 27.3 Å². The van der Waals surface area contributed by atoms with Gasteiger partial charge in [-0.05, 0) is 65.9 Å². The Bertz CT molecular complexity index is 1060. The third-order valence-corrected chi connectivity index (χ3v) is 5.32. The van der Waals surface area contributed by atoms with Crippen LogP contribution >= 0.6 is 0 Å². The number of ether oxygens (including phenoxy) is 2. The van der Waals surface area contributed by atoms with E-state index in [1.54, 1.807) is 7.11 Å². The summed E-state index contributed by atoms with van der Waals surface area (Å²) in [5.41, 5.74) is 11.7. The monoisotopic (exact) mass is 415 g/mol. The Kier molecular flexibility index (Phi) is 7.53. The van der Waals surface area contributed by atoms with E-state index in [2.05, 4.69) is 23.5 Å². The molecule has 0 aliphatic carbocycles. The first-order valence-electron chi connectivity index (χ1n) is 10.4. The zero-order valence-corrected chi connectivity index (χ0v) is 18.3. The minimum absolute atomic E-state index is 0.293. The Hall–Kier alpha value is -3.49. The lowest BCUT2D eigenvalue weighted by molar-refractivity contribution is 0.322. The highest BCUT2D eigenvalue weighted by atomic mass is 16.5. The molecule has 0 aromatic heterocycles. The molecule has 0 amide bonds. The molecule has 3 aromatic rings. The molecule has 5 heteroatoms. The number of nitriles is 1.